The lowest BCUT2D eigenvalue weighted by Crippen LogP contribution is -2.34. The fourth-order valence-corrected chi connectivity index (χ4v) is 4.21. The molecule has 0 unspecified atom stereocenters. The summed E-state index contributed by atoms with van der Waals surface area (Å²) >= 11 is 0. The number of hydrogen-bond donors (Lipinski definition) is 1. The van der Waals surface area contributed by atoms with Crippen molar-refractivity contribution in [1.82, 2.24) is 10.0 Å². The van der Waals surface area contributed by atoms with Crippen LogP contribution in [-0.4, -0.2) is 40.4 Å². The quantitative estimate of drug-likeness (QED) is 0.422. The number of hydroxylamine groups is 2. The largest absolute Gasteiger partial charge is 0.528 e. The highest BCUT2D eigenvalue weighted by molar-refractivity contribution is 5.77. The van der Waals surface area contributed by atoms with Crippen LogP contribution in [0.4, 0.5) is 13.6 Å². The van der Waals surface area contributed by atoms with Gasteiger partial charge in [0, 0.05) is 18.3 Å². The SMILES string of the molecule is CCOc1cc(CC(=O)O)ccc1-c1ccc(F)c2c1CN(OC(=O)OCc1ncc(C)cc1F)CC2. The van der Waals surface area contributed by atoms with E-state index in [-0.39, 0.29) is 37.4 Å². The number of carboxylic acid groups (broad SMARTS) is 1. The van der Waals surface area contributed by atoms with Crippen molar-refractivity contribution in [3.63, 3.8) is 0 Å². The molecule has 2 aromatic carbocycles. The van der Waals surface area contributed by atoms with E-state index in [0.717, 1.165) is 0 Å². The molecule has 1 aromatic heterocycles. The minimum atomic E-state index is -1.03. The number of fused-ring (bicyclic) bond motifs is 1. The van der Waals surface area contributed by atoms with Gasteiger partial charge in [0.15, 0.2) is 0 Å². The molecule has 1 N–H and O–H groups in total. The van der Waals surface area contributed by atoms with Gasteiger partial charge in [-0.1, -0.05) is 18.2 Å². The van der Waals surface area contributed by atoms with E-state index in [1.54, 1.807) is 31.2 Å². The smallest absolute Gasteiger partial charge is 0.493 e. The Morgan fingerprint density at radius 3 is 2.59 bits per heavy atom. The van der Waals surface area contributed by atoms with Crippen molar-refractivity contribution in [2.45, 2.75) is 39.8 Å². The van der Waals surface area contributed by atoms with E-state index in [4.69, 9.17) is 19.4 Å². The summed E-state index contributed by atoms with van der Waals surface area (Å²) in [5.74, 6) is -1.45. The number of halogens is 2. The van der Waals surface area contributed by atoms with Gasteiger partial charge in [-0.25, -0.2) is 13.6 Å². The van der Waals surface area contributed by atoms with E-state index in [0.29, 0.717) is 45.7 Å². The molecule has 4 rings (SSSR count). The van der Waals surface area contributed by atoms with E-state index in [1.165, 1.54) is 23.4 Å². The van der Waals surface area contributed by atoms with Crippen molar-refractivity contribution < 1.29 is 37.8 Å². The minimum absolute atomic E-state index is 0.0225. The first-order chi connectivity index (χ1) is 17.7. The number of aliphatic carboxylic acids is 1. The summed E-state index contributed by atoms with van der Waals surface area (Å²) in [4.78, 5) is 32.7. The molecule has 8 nitrogen and oxygen atoms in total. The van der Waals surface area contributed by atoms with E-state index in [1.807, 2.05) is 6.92 Å². The van der Waals surface area contributed by atoms with Crippen LogP contribution >= 0.6 is 0 Å². The normalized spacial score (nSPS) is 13.1. The molecule has 194 valence electrons. The number of ether oxygens (including phenoxy) is 2. The molecule has 1 aliphatic heterocycles. The standard InChI is InChI=1S/C27H26F2N2O6/c1-3-35-25-11-17(12-26(32)33)4-5-20(25)18-6-7-22(28)19-8-9-31(14-21(18)19)37-27(34)36-15-24-23(29)10-16(2)13-30-24/h4-7,10-11,13H,3,8-9,12,14-15H2,1-2H3,(H,32,33). The second-order valence-electron chi connectivity index (χ2n) is 8.57. The highest BCUT2D eigenvalue weighted by Crippen LogP contribution is 2.38. The summed E-state index contributed by atoms with van der Waals surface area (Å²) in [6.07, 6.45) is 0.553. The first-order valence-corrected chi connectivity index (χ1v) is 11.7. The lowest BCUT2D eigenvalue weighted by molar-refractivity contribution is -0.139. The van der Waals surface area contributed by atoms with Crippen molar-refractivity contribution in [3.8, 4) is 16.9 Å². The molecule has 37 heavy (non-hydrogen) atoms. The van der Waals surface area contributed by atoms with Crippen molar-refractivity contribution >= 4 is 12.1 Å². The molecule has 0 saturated carbocycles. The molecule has 0 amide bonds. The highest BCUT2D eigenvalue weighted by atomic mass is 19.1. The average molecular weight is 513 g/mol. The third-order valence-corrected chi connectivity index (χ3v) is 5.90. The Labute approximate surface area is 212 Å². The number of carbonyl (C=O) groups is 2. The molecule has 10 heteroatoms. The number of carboxylic acids is 1. The zero-order valence-corrected chi connectivity index (χ0v) is 20.4. The molecule has 0 atom stereocenters. The molecule has 3 aromatic rings. The first-order valence-electron chi connectivity index (χ1n) is 11.7. The number of aromatic nitrogens is 1. The van der Waals surface area contributed by atoms with E-state index < -0.39 is 24.5 Å². The van der Waals surface area contributed by atoms with Gasteiger partial charge in [-0.2, -0.15) is 0 Å². The van der Waals surface area contributed by atoms with E-state index in [9.17, 15) is 18.4 Å². The monoisotopic (exact) mass is 512 g/mol. The zero-order valence-electron chi connectivity index (χ0n) is 20.4. The third kappa shape index (κ3) is 6.21. The zero-order chi connectivity index (χ0) is 26.5. The fraction of sp³-hybridized carbons (Fsp3) is 0.296. The van der Waals surface area contributed by atoms with Crippen LogP contribution in [0.1, 0.15) is 34.9 Å². The predicted molar refractivity (Wildman–Crippen MR) is 129 cm³/mol. The van der Waals surface area contributed by atoms with Crippen molar-refractivity contribution in [2.24, 2.45) is 0 Å². The van der Waals surface area contributed by atoms with Crippen molar-refractivity contribution in [1.29, 1.82) is 0 Å². The molecule has 0 aliphatic carbocycles. The van der Waals surface area contributed by atoms with Gasteiger partial charge in [0.05, 0.1) is 19.6 Å². The lowest BCUT2D eigenvalue weighted by atomic mass is 9.90. The third-order valence-electron chi connectivity index (χ3n) is 5.90. The van der Waals surface area contributed by atoms with Crippen LogP contribution < -0.4 is 4.74 Å². The average Bonchev–Trinajstić information content (AvgIpc) is 2.84. The van der Waals surface area contributed by atoms with Gasteiger partial charge in [-0.3, -0.25) is 9.78 Å². The Kier molecular flexibility index (Phi) is 7.98. The molecule has 2 heterocycles. The Hall–Kier alpha value is -4.05. The van der Waals surface area contributed by atoms with Crippen LogP contribution in [0.3, 0.4) is 0 Å². The van der Waals surface area contributed by atoms with Crippen LogP contribution in [0, 0.1) is 18.6 Å². The topological polar surface area (TPSA) is 98.2 Å². The molecule has 0 radical (unpaired) electrons. The number of hydrogen-bond acceptors (Lipinski definition) is 7. The van der Waals surface area contributed by atoms with Gasteiger partial charge in [-0.05, 0) is 66.3 Å². The second-order valence-corrected chi connectivity index (χ2v) is 8.57. The van der Waals surface area contributed by atoms with Gasteiger partial charge < -0.3 is 19.4 Å². The number of benzene rings is 2. The van der Waals surface area contributed by atoms with Crippen LogP contribution in [0.15, 0.2) is 42.6 Å². The Bertz CT molecular complexity index is 1330. The Morgan fingerprint density at radius 1 is 1.08 bits per heavy atom. The van der Waals surface area contributed by atoms with Gasteiger partial charge in [0.25, 0.3) is 0 Å². The number of pyridine rings is 1. The minimum Gasteiger partial charge on any atom is -0.493 e. The van der Waals surface area contributed by atoms with Gasteiger partial charge in [-0.15, -0.1) is 5.06 Å². The molecule has 0 fully saturated rings. The summed E-state index contributed by atoms with van der Waals surface area (Å²) in [5.41, 5.74) is 3.63. The maximum atomic E-state index is 14.7. The summed E-state index contributed by atoms with van der Waals surface area (Å²) in [7, 11) is 0. The number of rotatable bonds is 8. The van der Waals surface area contributed by atoms with Crippen LogP contribution in [0.25, 0.3) is 11.1 Å². The maximum absolute atomic E-state index is 14.7. The summed E-state index contributed by atoms with van der Waals surface area (Å²) < 4.78 is 39.5. The van der Waals surface area contributed by atoms with Gasteiger partial charge in [0.1, 0.15) is 29.7 Å². The molecule has 1 aliphatic rings. The maximum Gasteiger partial charge on any atom is 0.528 e. The summed E-state index contributed by atoms with van der Waals surface area (Å²) in [6, 6.07) is 9.39. The van der Waals surface area contributed by atoms with E-state index >= 15 is 0 Å². The second kappa shape index (κ2) is 11.3. The number of carbonyl (C=O) groups excluding carboxylic acids is 1. The molecule has 0 spiro atoms. The lowest BCUT2D eigenvalue weighted by Gasteiger charge is -2.29. The predicted octanol–water partition coefficient (Wildman–Crippen LogP) is 4.99. The van der Waals surface area contributed by atoms with Crippen LogP contribution in [0.2, 0.25) is 0 Å². The number of nitrogens with zero attached hydrogens (tertiary/aromatic N) is 2. The highest BCUT2D eigenvalue weighted by Gasteiger charge is 2.27. The van der Waals surface area contributed by atoms with Crippen LogP contribution in [0.5, 0.6) is 5.75 Å². The van der Waals surface area contributed by atoms with Crippen molar-refractivity contribution in [3.05, 3.63) is 82.2 Å². The Morgan fingerprint density at radius 2 is 1.86 bits per heavy atom. The van der Waals surface area contributed by atoms with Gasteiger partial charge in [0.2, 0.25) is 0 Å². The van der Waals surface area contributed by atoms with Crippen LogP contribution in [-0.2, 0) is 40.4 Å². The summed E-state index contributed by atoms with van der Waals surface area (Å²) in [6.45, 7) is 3.78. The Balaban J connectivity index is 1.54. The molecule has 0 bridgehead atoms. The summed E-state index contributed by atoms with van der Waals surface area (Å²) in [5, 5.41) is 10.5. The first kappa shape index (κ1) is 26.0. The van der Waals surface area contributed by atoms with Crippen molar-refractivity contribution in [2.75, 3.05) is 13.2 Å². The number of aryl methyl sites for hydroxylation is 1. The molecular weight excluding hydrogens is 486 g/mol. The van der Waals surface area contributed by atoms with Gasteiger partial charge >= 0.3 is 12.1 Å². The van der Waals surface area contributed by atoms with E-state index in [2.05, 4.69) is 4.98 Å². The molecular formula is C27H26F2N2O6. The fourth-order valence-electron chi connectivity index (χ4n) is 4.21. The molecule has 0 saturated heterocycles.